The van der Waals surface area contributed by atoms with Crippen molar-refractivity contribution in [1.82, 2.24) is 15.3 Å². The maximum absolute atomic E-state index is 10.4. The van der Waals surface area contributed by atoms with Gasteiger partial charge < -0.3 is 0 Å². The zero-order valence-electron chi connectivity index (χ0n) is 13.9. The molecule has 0 unspecified atom stereocenters. The van der Waals surface area contributed by atoms with Crippen molar-refractivity contribution in [2.75, 3.05) is 18.4 Å². The monoisotopic (exact) mass is 424 g/mol. The van der Waals surface area contributed by atoms with Crippen molar-refractivity contribution < 1.29 is 9.90 Å². The third-order valence-corrected chi connectivity index (χ3v) is 9.50. The second-order valence-corrected chi connectivity index (χ2v) is 21.1. The van der Waals surface area contributed by atoms with E-state index in [1.807, 2.05) is 0 Å². The number of nitrogens with one attached hydrogen (secondary N) is 2. The van der Waals surface area contributed by atoms with Gasteiger partial charge in [0.1, 0.15) is 0 Å². The Morgan fingerprint density at radius 1 is 1.17 bits per heavy atom. The molecule has 124 valence electrons. The van der Waals surface area contributed by atoms with Crippen molar-refractivity contribution in [2.45, 2.75) is 27.7 Å². The molecule has 0 fully saturated rings. The van der Waals surface area contributed by atoms with Gasteiger partial charge in [0.2, 0.25) is 0 Å². The van der Waals surface area contributed by atoms with E-state index in [1.165, 1.54) is 3.58 Å². The van der Waals surface area contributed by atoms with Gasteiger partial charge in [0, 0.05) is 0 Å². The van der Waals surface area contributed by atoms with Crippen LogP contribution in [0.15, 0.2) is 24.5 Å². The minimum atomic E-state index is -2.12. The number of anilines is 1. The van der Waals surface area contributed by atoms with Crippen LogP contribution in [-0.2, 0) is 0 Å². The predicted molar refractivity (Wildman–Crippen MR) is 96.3 cm³/mol. The van der Waals surface area contributed by atoms with E-state index in [2.05, 4.69) is 53.6 Å². The molecule has 0 radical (unpaired) electrons. The van der Waals surface area contributed by atoms with Crippen LogP contribution >= 0.6 is 0 Å². The van der Waals surface area contributed by atoms with Crippen molar-refractivity contribution in [3.8, 4) is 0 Å². The summed E-state index contributed by atoms with van der Waals surface area (Å²) >= 11 is -2.12. The van der Waals surface area contributed by atoms with Crippen LogP contribution in [0.1, 0.15) is 12.8 Å². The normalized spacial score (nSPS) is 11.4. The molecule has 0 spiro atoms. The summed E-state index contributed by atoms with van der Waals surface area (Å²) in [4.78, 5) is 26.3. The van der Waals surface area contributed by atoms with Crippen LogP contribution in [0.5, 0.6) is 0 Å². The van der Waals surface area contributed by atoms with Crippen LogP contribution in [0.3, 0.4) is 0 Å². The number of fused-ring (bicyclic) bond motifs is 1. The van der Waals surface area contributed by atoms with Gasteiger partial charge in [-0.1, -0.05) is 0 Å². The molecule has 2 aromatic rings. The fourth-order valence-corrected chi connectivity index (χ4v) is 5.63. The van der Waals surface area contributed by atoms with Gasteiger partial charge in [-0.15, -0.1) is 0 Å². The zero-order chi connectivity index (χ0) is 16.9. The molecule has 1 aromatic heterocycles. The molecule has 2 rings (SSSR count). The molecule has 6 nitrogen and oxygen atoms in total. The molecule has 0 atom stereocenters. The number of carbonyl (C=O) groups is 1. The SMILES string of the molecule is [CH3][Sn]([CH3])([CH3])[c]1ccc2ncnc(NCCCCNC(=O)O)c2c1. The van der Waals surface area contributed by atoms with Crippen LogP contribution in [0.2, 0.25) is 14.8 Å². The van der Waals surface area contributed by atoms with E-state index in [1.54, 1.807) is 6.33 Å². The first-order chi connectivity index (χ1) is 10.9. The Bertz CT molecular complexity index is 685. The fraction of sp³-hybridized carbons (Fsp3) is 0.438. The van der Waals surface area contributed by atoms with Crippen molar-refractivity contribution in [1.29, 1.82) is 0 Å². The Morgan fingerprint density at radius 2 is 1.91 bits per heavy atom. The van der Waals surface area contributed by atoms with Gasteiger partial charge in [0.25, 0.3) is 0 Å². The summed E-state index contributed by atoms with van der Waals surface area (Å²) in [5, 5.41) is 15.3. The predicted octanol–water partition coefficient (Wildman–Crippen LogP) is 2.63. The molecule has 0 aliphatic rings. The Labute approximate surface area is 140 Å². The molecule has 0 aliphatic heterocycles. The van der Waals surface area contributed by atoms with Gasteiger partial charge >= 0.3 is 141 Å². The van der Waals surface area contributed by atoms with Gasteiger partial charge in [-0.2, -0.15) is 0 Å². The zero-order valence-corrected chi connectivity index (χ0v) is 16.7. The van der Waals surface area contributed by atoms with Crippen molar-refractivity contribution >= 4 is 44.8 Å². The van der Waals surface area contributed by atoms with Gasteiger partial charge in [-0.3, -0.25) is 0 Å². The average molecular weight is 423 g/mol. The van der Waals surface area contributed by atoms with E-state index in [-0.39, 0.29) is 0 Å². The third kappa shape index (κ3) is 5.23. The number of hydrogen-bond donors (Lipinski definition) is 3. The molecule has 1 heterocycles. The number of unbranched alkanes of at least 4 members (excludes halogenated alkanes) is 1. The van der Waals surface area contributed by atoms with E-state index in [0.29, 0.717) is 6.54 Å². The van der Waals surface area contributed by atoms with E-state index >= 15 is 0 Å². The van der Waals surface area contributed by atoms with Gasteiger partial charge in [0.15, 0.2) is 0 Å². The number of carboxylic acid groups (broad SMARTS) is 1. The Kier molecular flexibility index (Phi) is 6.03. The molecule has 0 aliphatic carbocycles. The first-order valence-corrected chi connectivity index (χ1v) is 17.8. The van der Waals surface area contributed by atoms with Crippen LogP contribution in [0.25, 0.3) is 10.9 Å². The third-order valence-electron chi connectivity index (χ3n) is 3.67. The van der Waals surface area contributed by atoms with Gasteiger partial charge in [-0.05, 0) is 0 Å². The van der Waals surface area contributed by atoms with Crippen LogP contribution in [0.4, 0.5) is 10.6 Å². The molecule has 1 amide bonds. The van der Waals surface area contributed by atoms with Crippen molar-refractivity contribution in [3.05, 3.63) is 24.5 Å². The summed E-state index contributed by atoms with van der Waals surface area (Å²) in [5.41, 5.74) is 0.953. The van der Waals surface area contributed by atoms with Crippen LogP contribution in [-0.4, -0.2) is 52.6 Å². The van der Waals surface area contributed by atoms with Crippen molar-refractivity contribution in [2.24, 2.45) is 0 Å². The van der Waals surface area contributed by atoms with E-state index < -0.39 is 24.5 Å². The molecule has 7 heteroatoms. The fourth-order valence-electron chi connectivity index (χ4n) is 2.32. The van der Waals surface area contributed by atoms with Crippen LogP contribution in [0, 0.1) is 0 Å². The number of rotatable bonds is 7. The summed E-state index contributed by atoms with van der Waals surface area (Å²) in [7, 11) is 0. The molecular formula is C16H24N4O2Sn. The Balaban J connectivity index is 2.03. The van der Waals surface area contributed by atoms with Crippen molar-refractivity contribution in [3.63, 3.8) is 0 Å². The standard InChI is InChI=1S/C13H15N4O2.3CH3.Sn/c18-13(19)15-8-4-3-7-14-12-10-5-1-2-6-11(10)16-9-17-12;;;;/h2,5-6,9,15H,3-4,7-8H2,(H,18,19)(H,14,16,17);3*1H3;. The summed E-state index contributed by atoms with van der Waals surface area (Å²) in [5.74, 6) is 0.860. The number of amides is 1. The van der Waals surface area contributed by atoms with E-state index in [0.717, 1.165) is 36.1 Å². The van der Waals surface area contributed by atoms with Gasteiger partial charge in [-0.25, -0.2) is 0 Å². The average Bonchev–Trinajstić information content (AvgIpc) is 2.49. The molecule has 23 heavy (non-hydrogen) atoms. The molecular weight excluding hydrogens is 399 g/mol. The van der Waals surface area contributed by atoms with Crippen LogP contribution < -0.4 is 14.2 Å². The number of benzene rings is 1. The van der Waals surface area contributed by atoms with E-state index in [9.17, 15) is 4.79 Å². The Morgan fingerprint density at radius 3 is 2.61 bits per heavy atom. The first-order valence-electron chi connectivity index (χ1n) is 7.84. The molecule has 0 bridgehead atoms. The minimum absolute atomic E-state index is 0.476. The number of hydrogen-bond acceptors (Lipinski definition) is 4. The molecule has 3 N–H and O–H groups in total. The topological polar surface area (TPSA) is 87.1 Å². The first kappa shape index (κ1) is 17.8. The summed E-state index contributed by atoms with van der Waals surface area (Å²) in [6.07, 6.45) is 2.29. The van der Waals surface area contributed by atoms with E-state index in [4.69, 9.17) is 5.11 Å². The maximum atomic E-state index is 10.4. The number of aromatic nitrogens is 2. The van der Waals surface area contributed by atoms with Gasteiger partial charge in [0.05, 0.1) is 0 Å². The summed E-state index contributed by atoms with van der Waals surface area (Å²) in [6.45, 7) is 1.24. The second-order valence-electron chi connectivity index (χ2n) is 6.57. The molecule has 0 saturated heterocycles. The molecule has 0 saturated carbocycles. The number of nitrogens with zero attached hydrogens (tertiary/aromatic N) is 2. The second kappa shape index (κ2) is 7.81. The molecule has 1 aromatic carbocycles. The Hall–Kier alpha value is -1.57. The summed E-state index contributed by atoms with van der Waals surface area (Å²) in [6, 6.07) is 6.52. The quantitative estimate of drug-likeness (QED) is 0.471. The summed E-state index contributed by atoms with van der Waals surface area (Å²) < 4.78 is 1.45.